The number of allylic oxidation sites excluding steroid dienone is 2. The number of benzene rings is 1. The Hall–Kier alpha value is -1.04. The molecule has 1 aromatic rings. The molecule has 0 saturated heterocycles. The van der Waals surface area contributed by atoms with Crippen LogP contribution in [-0.2, 0) is 6.42 Å². The molecule has 0 fully saturated rings. The molecule has 17 heavy (non-hydrogen) atoms. The molecule has 0 bridgehead atoms. The van der Waals surface area contributed by atoms with Crippen LogP contribution in [0.15, 0.2) is 36.4 Å². The van der Waals surface area contributed by atoms with Gasteiger partial charge in [-0.1, -0.05) is 57.2 Å². The zero-order valence-corrected chi connectivity index (χ0v) is 12.2. The van der Waals surface area contributed by atoms with E-state index in [9.17, 15) is 0 Å². The van der Waals surface area contributed by atoms with E-state index in [4.69, 9.17) is 0 Å². The highest BCUT2D eigenvalue weighted by atomic mass is 14.2. The van der Waals surface area contributed by atoms with Crippen LogP contribution in [-0.4, -0.2) is 0 Å². The zero-order chi connectivity index (χ0) is 13.1. The SMILES string of the molecule is C/C=C\C.CC.CC1CCCc2ccccc21. The van der Waals surface area contributed by atoms with E-state index in [-0.39, 0.29) is 0 Å². The van der Waals surface area contributed by atoms with Crippen LogP contribution >= 0.6 is 0 Å². The molecule has 0 aromatic heterocycles. The van der Waals surface area contributed by atoms with Crippen molar-refractivity contribution in [2.24, 2.45) is 0 Å². The Labute approximate surface area is 108 Å². The van der Waals surface area contributed by atoms with Crippen LogP contribution in [0.3, 0.4) is 0 Å². The van der Waals surface area contributed by atoms with E-state index in [1.165, 1.54) is 19.3 Å². The smallest absolute Gasteiger partial charge is 0.0188 e. The van der Waals surface area contributed by atoms with Crippen LogP contribution in [0.5, 0.6) is 0 Å². The van der Waals surface area contributed by atoms with Gasteiger partial charge < -0.3 is 0 Å². The minimum atomic E-state index is 0.792. The van der Waals surface area contributed by atoms with Gasteiger partial charge >= 0.3 is 0 Å². The molecule has 1 aromatic carbocycles. The molecule has 1 atom stereocenters. The Balaban J connectivity index is 0.000000368. The summed E-state index contributed by atoms with van der Waals surface area (Å²) >= 11 is 0. The molecule has 1 unspecified atom stereocenters. The second-order valence-electron chi connectivity index (χ2n) is 4.16. The van der Waals surface area contributed by atoms with Gasteiger partial charge in [-0.15, -0.1) is 0 Å². The highest BCUT2D eigenvalue weighted by Gasteiger charge is 2.14. The van der Waals surface area contributed by atoms with E-state index < -0.39 is 0 Å². The van der Waals surface area contributed by atoms with Gasteiger partial charge in [-0.05, 0) is 50.2 Å². The standard InChI is InChI=1S/C11H14.C4H8.C2H6/c1-9-5-4-7-10-6-2-3-8-11(9)10;1-3-4-2;1-2/h2-3,6,8-9H,4-5,7H2,1H3;3-4H,1-2H3;1-2H3/b;4-3-;. The third-order valence-electron chi connectivity index (χ3n) is 3.00. The molecule has 0 N–H and O–H groups in total. The second-order valence-corrected chi connectivity index (χ2v) is 4.16. The van der Waals surface area contributed by atoms with Gasteiger partial charge in [0.2, 0.25) is 0 Å². The van der Waals surface area contributed by atoms with E-state index in [2.05, 4.69) is 31.2 Å². The molecular weight excluding hydrogens is 204 g/mol. The fourth-order valence-corrected chi connectivity index (χ4v) is 2.00. The molecule has 0 nitrogen and oxygen atoms in total. The number of aryl methyl sites for hydroxylation is 1. The quantitative estimate of drug-likeness (QED) is 0.501. The molecule has 0 saturated carbocycles. The largest absolute Gasteiger partial charge is 0.0919 e. The van der Waals surface area contributed by atoms with Gasteiger partial charge in [0.05, 0.1) is 0 Å². The normalized spacial score (nSPS) is 17.4. The summed E-state index contributed by atoms with van der Waals surface area (Å²) in [5, 5.41) is 0. The summed E-state index contributed by atoms with van der Waals surface area (Å²) < 4.78 is 0. The van der Waals surface area contributed by atoms with Crippen LogP contribution in [0.2, 0.25) is 0 Å². The van der Waals surface area contributed by atoms with Crippen molar-refractivity contribution in [1.82, 2.24) is 0 Å². The lowest BCUT2D eigenvalue weighted by atomic mass is 9.84. The van der Waals surface area contributed by atoms with E-state index in [0.29, 0.717) is 0 Å². The van der Waals surface area contributed by atoms with Gasteiger partial charge in [-0.25, -0.2) is 0 Å². The fourth-order valence-electron chi connectivity index (χ4n) is 2.00. The average molecular weight is 232 g/mol. The van der Waals surface area contributed by atoms with E-state index in [0.717, 1.165) is 5.92 Å². The molecule has 1 aliphatic rings. The molecule has 0 amide bonds. The summed E-state index contributed by atoms with van der Waals surface area (Å²) in [4.78, 5) is 0. The molecule has 0 radical (unpaired) electrons. The fraction of sp³-hybridized carbons (Fsp3) is 0.529. The highest BCUT2D eigenvalue weighted by molar-refractivity contribution is 5.31. The van der Waals surface area contributed by atoms with Crippen LogP contribution in [0.4, 0.5) is 0 Å². The first-order chi connectivity index (χ1) is 8.29. The van der Waals surface area contributed by atoms with E-state index in [1.807, 2.05) is 39.8 Å². The maximum Gasteiger partial charge on any atom is -0.0188 e. The lowest BCUT2D eigenvalue weighted by molar-refractivity contribution is 0.590. The first-order valence-corrected chi connectivity index (χ1v) is 6.94. The van der Waals surface area contributed by atoms with Crippen LogP contribution in [0.25, 0.3) is 0 Å². The van der Waals surface area contributed by atoms with Crippen LogP contribution in [0, 0.1) is 0 Å². The van der Waals surface area contributed by atoms with Crippen molar-refractivity contribution in [2.45, 2.75) is 59.8 Å². The van der Waals surface area contributed by atoms with Gasteiger partial charge in [0.15, 0.2) is 0 Å². The Kier molecular flexibility index (Phi) is 9.52. The summed E-state index contributed by atoms with van der Waals surface area (Å²) in [5.41, 5.74) is 3.16. The topological polar surface area (TPSA) is 0 Å². The van der Waals surface area contributed by atoms with Gasteiger partial charge in [-0.2, -0.15) is 0 Å². The number of rotatable bonds is 0. The summed E-state index contributed by atoms with van der Waals surface area (Å²) in [6.07, 6.45) is 8.04. The first kappa shape index (κ1) is 16.0. The number of hydrogen-bond donors (Lipinski definition) is 0. The molecule has 96 valence electrons. The third kappa shape index (κ3) is 5.72. The predicted octanol–water partition coefficient (Wildman–Crippen LogP) is 5.74. The van der Waals surface area contributed by atoms with Gasteiger partial charge in [0.25, 0.3) is 0 Å². The van der Waals surface area contributed by atoms with E-state index >= 15 is 0 Å². The van der Waals surface area contributed by atoms with Crippen molar-refractivity contribution in [1.29, 1.82) is 0 Å². The molecular formula is C17H28. The van der Waals surface area contributed by atoms with E-state index in [1.54, 1.807) is 11.1 Å². The number of fused-ring (bicyclic) bond motifs is 1. The van der Waals surface area contributed by atoms with Crippen LogP contribution < -0.4 is 0 Å². The minimum Gasteiger partial charge on any atom is -0.0919 e. The predicted molar refractivity (Wildman–Crippen MR) is 79.6 cm³/mol. The van der Waals surface area contributed by atoms with Gasteiger partial charge in [0.1, 0.15) is 0 Å². The van der Waals surface area contributed by atoms with Crippen molar-refractivity contribution in [2.75, 3.05) is 0 Å². The Bertz CT molecular complexity index is 306. The van der Waals surface area contributed by atoms with Gasteiger partial charge in [-0.3, -0.25) is 0 Å². The maximum atomic E-state index is 2.33. The Morgan fingerprint density at radius 3 is 2.18 bits per heavy atom. The maximum absolute atomic E-state index is 2.33. The lowest BCUT2D eigenvalue weighted by Gasteiger charge is -2.21. The minimum absolute atomic E-state index is 0.792. The monoisotopic (exact) mass is 232 g/mol. The highest BCUT2D eigenvalue weighted by Crippen LogP contribution is 2.30. The molecule has 0 spiro atoms. The van der Waals surface area contributed by atoms with Crippen molar-refractivity contribution in [3.8, 4) is 0 Å². The second kappa shape index (κ2) is 10.1. The lowest BCUT2D eigenvalue weighted by Crippen LogP contribution is -2.05. The number of hydrogen-bond acceptors (Lipinski definition) is 0. The summed E-state index contributed by atoms with van der Waals surface area (Å²) in [6.45, 7) is 10.3. The Morgan fingerprint density at radius 2 is 1.65 bits per heavy atom. The van der Waals surface area contributed by atoms with Crippen molar-refractivity contribution < 1.29 is 0 Å². The van der Waals surface area contributed by atoms with Crippen molar-refractivity contribution in [3.05, 3.63) is 47.5 Å². The average Bonchev–Trinajstić information content (AvgIpc) is 2.42. The first-order valence-electron chi connectivity index (χ1n) is 6.94. The summed E-state index contributed by atoms with van der Waals surface area (Å²) in [5.74, 6) is 0.792. The van der Waals surface area contributed by atoms with Crippen molar-refractivity contribution in [3.63, 3.8) is 0 Å². The summed E-state index contributed by atoms with van der Waals surface area (Å²) in [7, 11) is 0. The molecule has 2 rings (SSSR count). The molecule has 0 aliphatic heterocycles. The molecule has 1 aliphatic carbocycles. The Morgan fingerprint density at radius 1 is 1.06 bits per heavy atom. The zero-order valence-electron chi connectivity index (χ0n) is 12.2. The molecule has 0 heterocycles. The van der Waals surface area contributed by atoms with Gasteiger partial charge in [0, 0.05) is 0 Å². The van der Waals surface area contributed by atoms with Crippen LogP contribution in [0.1, 0.15) is 64.5 Å². The third-order valence-corrected chi connectivity index (χ3v) is 3.00. The summed E-state index contributed by atoms with van der Waals surface area (Å²) in [6, 6.07) is 8.85. The molecule has 0 heteroatoms. The van der Waals surface area contributed by atoms with Crippen molar-refractivity contribution >= 4 is 0 Å².